The van der Waals surface area contributed by atoms with Gasteiger partial charge >= 0.3 is 0 Å². The Labute approximate surface area is 204 Å². The molecule has 3 aromatic carbocycles. The van der Waals surface area contributed by atoms with Gasteiger partial charge in [0.2, 0.25) is 5.91 Å². The van der Waals surface area contributed by atoms with E-state index in [1.54, 1.807) is 66.7 Å². The van der Waals surface area contributed by atoms with Crippen LogP contribution >= 0.6 is 11.3 Å². The molecule has 0 fully saturated rings. The van der Waals surface area contributed by atoms with Gasteiger partial charge in [-0.05, 0) is 59.5 Å². The highest BCUT2D eigenvalue weighted by molar-refractivity contribution is 7.12. The fourth-order valence-electron chi connectivity index (χ4n) is 3.78. The van der Waals surface area contributed by atoms with Gasteiger partial charge in [0, 0.05) is 34.8 Å². The van der Waals surface area contributed by atoms with Crippen molar-refractivity contribution in [3.05, 3.63) is 106 Å². The second-order valence-corrected chi connectivity index (χ2v) is 8.85. The smallest absolute Gasteiger partial charge is 0.265 e. The van der Waals surface area contributed by atoms with Gasteiger partial charge < -0.3 is 15.7 Å². The van der Waals surface area contributed by atoms with Gasteiger partial charge in [0.15, 0.2) is 5.78 Å². The molecule has 7 nitrogen and oxygen atoms in total. The number of hydrogen-bond acceptors (Lipinski definition) is 6. The summed E-state index contributed by atoms with van der Waals surface area (Å²) in [7, 11) is 0. The standard InChI is InChI=1S/C27H19N3O4S/c31-20-4-1-3-19(14-20)28-15-22-21-11-8-17(13-23(21)30-26(22)33)25(32)16-6-9-18(10-7-16)29-27(34)24-5-2-12-35-24/h1-15,22,31H,(H,29,34)(H,30,33). The van der Waals surface area contributed by atoms with Crippen LogP contribution in [0.2, 0.25) is 0 Å². The van der Waals surface area contributed by atoms with Gasteiger partial charge in [0.05, 0.1) is 10.6 Å². The first-order valence-electron chi connectivity index (χ1n) is 10.8. The lowest BCUT2D eigenvalue weighted by atomic mass is 9.97. The Morgan fingerprint density at radius 2 is 1.77 bits per heavy atom. The summed E-state index contributed by atoms with van der Waals surface area (Å²) in [6, 6.07) is 21.8. The zero-order valence-corrected chi connectivity index (χ0v) is 19.1. The maximum absolute atomic E-state index is 13.0. The van der Waals surface area contributed by atoms with E-state index in [0.717, 1.165) is 5.56 Å². The summed E-state index contributed by atoms with van der Waals surface area (Å²) in [5.41, 5.74) is 3.31. The molecule has 1 unspecified atom stereocenters. The van der Waals surface area contributed by atoms with Gasteiger partial charge in [-0.1, -0.05) is 24.3 Å². The summed E-state index contributed by atoms with van der Waals surface area (Å²) >= 11 is 1.35. The molecule has 0 spiro atoms. The molecule has 1 aliphatic rings. The minimum Gasteiger partial charge on any atom is -0.508 e. The molecule has 2 heterocycles. The number of nitrogens with one attached hydrogen (secondary N) is 2. The van der Waals surface area contributed by atoms with Crippen molar-refractivity contribution in [2.75, 3.05) is 10.6 Å². The predicted molar refractivity (Wildman–Crippen MR) is 136 cm³/mol. The number of phenolic OH excluding ortho intramolecular Hbond substituents is 1. The first-order valence-corrected chi connectivity index (χ1v) is 11.6. The van der Waals surface area contributed by atoms with E-state index in [1.807, 2.05) is 11.4 Å². The van der Waals surface area contributed by atoms with Crippen LogP contribution in [0.1, 0.15) is 37.1 Å². The Kier molecular flexibility index (Phi) is 5.95. The van der Waals surface area contributed by atoms with Crippen molar-refractivity contribution in [1.29, 1.82) is 0 Å². The number of thiophene rings is 1. The fourth-order valence-corrected chi connectivity index (χ4v) is 4.40. The van der Waals surface area contributed by atoms with Crippen molar-refractivity contribution in [2.24, 2.45) is 4.99 Å². The molecule has 0 aliphatic carbocycles. The molecular formula is C27H19N3O4S. The summed E-state index contributed by atoms with van der Waals surface area (Å²) in [6.07, 6.45) is 1.53. The number of ketones is 1. The second kappa shape index (κ2) is 9.36. The number of anilines is 2. The fraction of sp³-hybridized carbons (Fsp3) is 0.0370. The van der Waals surface area contributed by atoms with Crippen molar-refractivity contribution < 1.29 is 19.5 Å². The minimum atomic E-state index is -0.595. The monoisotopic (exact) mass is 481 g/mol. The molecule has 0 radical (unpaired) electrons. The number of fused-ring (bicyclic) bond motifs is 1. The van der Waals surface area contributed by atoms with Gasteiger partial charge in [-0.3, -0.25) is 19.4 Å². The summed E-state index contributed by atoms with van der Waals surface area (Å²) in [5.74, 6) is -1.13. The first-order chi connectivity index (χ1) is 17.0. The van der Waals surface area contributed by atoms with Crippen LogP contribution in [0.4, 0.5) is 17.1 Å². The van der Waals surface area contributed by atoms with Crippen LogP contribution in [-0.4, -0.2) is 28.9 Å². The number of nitrogens with zero attached hydrogens (tertiary/aromatic N) is 1. The van der Waals surface area contributed by atoms with Crippen molar-refractivity contribution in [1.82, 2.24) is 0 Å². The number of phenols is 1. The first kappa shape index (κ1) is 22.2. The normalized spacial score (nSPS) is 14.5. The van der Waals surface area contributed by atoms with E-state index in [0.29, 0.717) is 33.1 Å². The topological polar surface area (TPSA) is 108 Å². The second-order valence-electron chi connectivity index (χ2n) is 7.90. The van der Waals surface area contributed by atoms with E-state index < -0.39 is 5.92 Å². The highest BCUT2D eigenvalue weighted by Crippen LogP contribution is 2.33. The molecule has 4 aromatic rings. The Morgan fingerprint density at radius 1 is 0.971 bits per heavy atom. The quantitative estimate of drug-likeness (QED) is 0.254. The molecule has 1 aliphatic heterocycles. The van der Waals surface area contributed by atoms with Crippen LogP contribution in [-0.2, 0) is 4.79 Å². The van der Waals surface area contributed by atoms with E-state index >= 15 is 0 Å². The van der Waals surface area contributed by atoms with Gasteiger partial charge in [0.25, 0.3) is 5.91 Å². The molecular weight excluding hydrogens is 462 g/mol. The van der Waals surface area contributed by atoms with Crippen molar-refractivity contribution in [3.8, 4) is 5.75 Å². The molecule has 5 rings (SSSR count). The van der Waals surface area contributed by atoms with E-state index in [1.165, 1.54) is 23.6 Å². The van der Waals surface area contributed by atoms with Gasteiger partial charge in [-0.2, -0.15) is 0 Å². The third-order valence-corrected chi connectivity index (χ3v) is 6.41. The Balaban J connectivity index is 1.31. The number of benzene rings is 3. The van der Waals surface area contributed by atoms with E-state index in [2.05, 4.69) is 15.6 Å². The Hall–Kier alpha value is -4.56. The molecule has 3 N–H and O–H groups in total. The summed E-state index contributed by atoms with van der Waals surface area (Å²) < 4.78 is 0. The predicted octanol–water partition coefficient (Wildman–Crippen LogP) is 5.38. The molecule has 0 bridgehead atoms. The van der Waals surface area contributed by atoms with E-state index in [4.69, 9.17) is 0 Å². The number of carbonyl (C=O) groups is 3. The Morgan fingerprint density at radius 3 is 2.51 bits per heavy atom. The van der Waals surface area contributed by atoms with Crippen LogP contribution in [0.25, 0.3) is 0 Å². The van der Waals surface area contributed by atoms with Crippen molar-refractivity contribution in [3.63, 3.8) is 0 Å². The zero-order valence-electron chi connectivity index (χ0n) is 18.3. The minimum absolute atomic E-state index is 0.0944. The highest BCUT2D eigenvalue weighted by atomic mass is 32.1. The lowest BCUT2D eigenvalue weighted by Gasteiger charge is -2.07. The van der Waals surface area contributed by atoms with Crippen LogP contribution in [0.5, 0.6) is 5.75 Å². The number of carbonyl (C=O) groups excluding carboxylic acids is 3. The van der Waals surface area contributed by atoms with Gasteiger partial charge in [-0.15, -0.1) is 11.3 Å². The summed E-state index contributed by atoms with van der Waals surface area (Å²) in [5, 5.41) is 17.0. The number of rotatable bonds is 6. The maximum Gasteiger partial charge on any atom is 0.265 e. The van der Waals surface area contributed by atoms with Crippen LogP contribution in [0.3, 0.4) is 0 Å². The maximum atomic E-state index is 13.0. The van der Waals surface area contributed by atoms with Crippen molar-refractivity contribution in [2.45, 2.75) is 5.92 Å². The average molecular weight is 482 g/mol. The largest absolute Gasteiger partial charge is 0.508 e. The van der Waals surface area contributed by atoms with E-state index in [-0.39, 0.29) is 23.3 Å². The SMILES string of the molecule is O=C(c1ccc(NC(=O)c2cccs2)cc1)c1ccc2c(c1)NC(=O)C2C=Nc1cccc(O)c1. The van der Waals surface area contributed by atoms with Crippen LogP contribution < -0.4 is 10.6 Å². The molecule has 0 saturated heterocycles. The van der Waals surface area contributed by atoms with E-state index in [9.17, 15) is 19.5 Å². The molecule has 1 aromatic heterocycles. The molecule has 172 valence electrons. The molecule has 1 atom stereocenters. The highest BCUT2D eigenvalue weighted by Gasteiger charge is 2.30. The van der Waals surface area contributed by atoms with Gasteiger partial charge in [0.1, 0.15) is 11.7 Å². The number of aromatic hydroxyl groups is 1. The number of amides is 2. The number of aliphatic imine (C=N–C) groups is 1. The molecule has 2 amide bonds. The zero-order chi connectivity index (χ0) is 24.4. The third kappa shape index (κ3) is 4.73. The summed E-state index contributed by atoms with van der Waals surface area (Å²) in [4.78, 5) is 42.6. The Bertz CT molecular complexity index is 1460. The van der Waals surface area contributed by atoms with Crippen LogP contribution in [0.15, 0.2) is 89.2 Å². The molecule has 35 heavy (non-hydrogen) atoms. The van der Waals surface area contributed by atoms with Crippen molar-refractivity contribution >= 4 is 52.2 Å². The van der Waals surface area contributed by atoms with Gasteiger partial charge in [-0.25, -0.2) is 0 Å². The molecule has 0 saturated carbocycles. The molecule has 8 heteroatoms. The lowest BCUT2D eigenvalue weighted by molar-refractivity contribution is -0.115. The lowest BCUT2D eigenvalue weighted by Crippen LogP contribution is -2.12. The summed E-state index contributed by atoms with van der Waals surface area (Å²) in [6.45, 7) is 0. The average Bonchev–Trinajstić information content (AvgIpc) is 3.50. The van der Waals surface area contributed by atoms with Crippen LogP contribution in [0, 0.1) is 0 Å². The third-order valence-electron chi connectivity index (χ3n) is 5.54. The number of hydrogen-bond donors (Lipinski definition) is 3.